The molecule has 0 unspecified atom stereocenters. The van der Waals surface area contributed by atoms with Gasteiger partial charge in [-0.3, -0.25) is 0 Å². The van der Waals surface area contributed by atoms with E-state index in [0.717, 1.165) is 35.8 Å². The van der Waals surface area contributed by atoms with Gasteiger partial charge in [-0.2, -0.15) is 0 Å². The van der Waals surface area contributed by atoms with Crippen LogP contribution in [-0.4, -0.2) is 35.8 Å². The SMILES string of the molecule is C1CCC(P(OCCOP(C2CCCCC2)C2CCCCC2)C2CCCCC2)CC1. The minimum atomic E-state index is -0.230. The molecule has 0 amide bonds. The average molecular weight is 455 g/mol. The Kier molecular flexibility index (Phi) is 10.7. The first-order chi connectivity index (χ1) is 14.9. The molecular weight excluding hydrogens is 406 g/mol. The molecule has 0 aromatic heterocycles. The molecule has 0 aromatic rings. The number of rotatable bonds is 9. The van der Waals surface area contributed by atoms with E-state index >= 15 is 0 Å². The first kappa shape index (κ1) is 23.9. The van der Waals surface area contributed by atoms with Crippen LogP contribution < -0.4 is 0 Å². The second-order valence-electron chi connectivity index (χ2n) is 10.6. The maximum absolute atomic E-state index is 6.80. The van der Waals surface area contributed by atoms with Crippen molar-refractivity contribution in [2.24, 2.45) is 0 Å². The van der Waals surface area contributed by atoms with E-state index in [-0.39, 0.29) is 16.3 Å². The zero-order valence-corrected chi connectivity index (χ0v) is 21.4. The molecule has 0 aromatic carbocycles. The molecule has 0 radical (unpaired) electrons. The molecule has 0 aliphatic heterocycles. The van der Waals surface area contributed by atoms with Crippen LogP contribution in [0.2, 0.25) is 0 Å². The van der Waals surface area contributed by atoms with Gasteiger partial charge in [-0.1, -0.05) is 77.0 Å². The van der Waals surface area contributed by atoms with Gasteiger partial charge < -0.3 is 9.05 Å². The second-order valence-corrected chi connectivity index (χ2v) is 15.4. The fraction of sp³-hybridized carbons (Fsp3) is 1.00. The standard InChI is InChI=1S/C26H48O2P2/c1-5-13-23(14-6-1)29(24-15-7-2-8-16-24)27-21-22-28-30(25-17-9-3-10-18-25)26-19-11-4-12-20-26/h23-26H,1-22H2. The van der Waals surface area contributed by atoms with Crippen LogP contribution >= 0.6 is 16.3 Å². The molecule has 4 heteroatoms. The molecule has 30 heavy (non-hydrogen) atoms. The lowest BCUT2D eigenvalue weighted by molar-refractivity contribution is 0.231. The first-order valence-corrected chi connectivity index (χ1v) is 16.5. The summed E-state index contributed by atoms with van der Waals surface area (Å²) >= 11 is 0. The Morgan fingerprint density at radius 2 is 0.600 bits per heavy atom. The highest BCUT2D eigenvalue weighted by molar-refractivity contribution is 7.54. The van der Waals surface area contributed by atoms with Crippen molar-refractivity contribution >= 4 is 16.3 Å². The molecule has 4 saturated carbocycles. The Hall–Kier alpha value is 0.780. The van der Waals surface area contributed by atoms with Crippen LogP contribution in [0.5, 0.6) is 0 Å². The maximum Gasteiger partial charge on any atom is 0.0746 e. The summed E-state index contributed by atoms with van der Waals surface area (Å²) in [6, 6.07) is 0. The molecule has 2 nitrogen and oxygen atoms in total. The van der Waals surface area contributed by atoms with Crippen LogP contribution in [0.4, 0.5) is 0 Å². The van der Waals surface area contributed by atoms with Crippen LogP contribution in [0.3, 0.4) is 0 Å². The minimum absolute atomic E-state index is 0.230. The predicted octanol–water partition coefficient (Wildman–Crippen LogP) is 9.14. The molecule has 4 aliphatic rings. The molecule has 174 valence electrons. The van der Waals surface area contributed by atoms with Crippen molar-refractivity contribution in [3.8, 4) is 0 Å². The van der Waals surface area contributed by atoms with E-state index < -0.39 is 0 Å². The fourth-order valence-corrected chi connectivity index (χ4v) is 12.7. The van der Waals surface area contributed by atoms with E-state index in [1.165, 1.54) is 128 Å². The molecule has 0 atom stereocenters. The summed E-state index contributed by atoms with van der Waals surface area (Å²) < 4.78 is 13.6. The molecule has 4 rings (SSSR count). The monoisotopic (exact) mass is 454 g/mol. The van der Waals surface area contributed by atoms with E-state index in [4.69, 9.17) is 9.05 Å². The highest BCUT2D eigenvalue weighted by Crippen LogP contribution is 2.58. The molecule has 0 bridgehead atoms. The Morgan fingerprint density at radius 1 is 0.367 bits per heavy atom. The summed E-state index contributed by atoms with van der Waals surface area (Å²) in [7, 11) is -0.459. The normalized spacial score (nSPS) is 26.6. The van der Waals surface area contributed by atoms with Gasteiger partial charge in [0.25, 0.3) is 0 Å². The minimum Gasteiger partial charge on any atom is -0.356 e. The van der Waals surface area contributed by atoms with Crippen molar-refractivity contribution < 1.29 is 9.05 Å². The predicted molar refractivity (Wildman–Crippen MR) is 133 cm³/mol. The summed E-state index contributed by atoms with van der Waals surface area (Å²) in [4.78, 5) is 0. The maximum atomic E-state index is 6.80. The van der Waals surface area contributed by atoms with Gasteiger partial charge in [0.1, 0.15) is 0 Å². The summed E-state index contributed by atoms with van der Waals surface area (Å²) in [6.45, 7) is 1.77. The zero-order chi connectivity index (χ0) is 20.4. The Balaban J connectivity index is 1.28. The summed E-state index contributed by atoms with van der Waals surface area (Å²) in [6.07, 6.45) is 29.0. The fourth-order valence-electron chi connectivity index (χ4n) is 6.65. The molecule has 0 N–H and O–H groups in total. The Morgan fingerprint density at radius 3 is 0.833 bits per heavy atom. The number of hydrogen-bond acceptors (Lipinski definition) is 2. The third kappa shape index (κ3) is 7.14. The van der Waals surface area contributed by atoms with Gasteiger partial charge in [0.15, 0.2) is 0 Å². The largest absolute Gasteiger partial charge is 0.356 e. The van der Waals surface area contributed by atoms with E-state index in [1.807, 2.05) is 0 Å². The van der Waals surface area contributed by atoms with Crippen LogP contribution in [0.1, 0.15) is 128 Å². The van der Waals surface area contributed by atoms with Gasteiger partial charge in [0, 0.05) is 38.9 Å². The van der Waals surface area contributed by atoms with Crippen molar-refractivity contribution in [3.05, 3.63) is 0 Å². The van der Waals surface area contributed by atoms with Crippen molar-refractivity contribution in [1.82, 2.24) is 0 Å². The van der Waals surface area contributed by atoms with Crippen molar-refractivity contribution in [2.45, 2.75) is 151 Å². The van der Waals surface area contributed by atoms with Crippen LogP contribution in [0.15, 0.2) is 0 Å². The van der Waals surface area contributed by atoms with E-state index in [0.29, 0.717) is 0 Å². The van der Waals surface area contributed by atoms with Gasteiger partial charge >= 0.3 is 0 Å². The molecular formula is C26H48O2P2. The van der Waals surface area contributed by atoms with Crippen molar-refractivity contribution in [3.63, 3.8) is 0 Å². The summed E-state index contributed by atoms with van der Waals surface area (Å²) in [5.74, 6) is 0. The molecule has 4 fully saturated rings. The molecule has 0 saturated heterocycles. The van der Waals surface area contributed by atoms with E-state index in [1.54, 1.807) is 0 Å². The first-order valence-electron chi connectivity index (χ1n) is 13.7. The number of hydrogen-bond donors (Lipinski definition) is 0. The lowest BCUT2D eigenvalue weighted by Gasteiger charge is -2.39. The highest BCUT2D eigenvalue weighted by Gasteiger charge is 2.34. The Bertz CT molecular complexity index is 372. The van der Waals surface area contributed by atoms with Crippen LogP contribution in [-0.2, 0) is 9.05 Å². The van der Waals surface area contributed by atoms with Crippen LogP contribution in [0, 0.1) is 0 Å². The van der Waals surface area contributed by atoms with Crippen molar-refractivity contribution in [2.75, 3.05) is 13.2 Å². The highest BCUT2D eigenvalue weighted by atomic mass is 31.1. The van der Waals surface area contributed by atoms with Gasteiger partial charge in [-0.25, -0.2) is 0 Å². The lowest BCUT2D eigenvalue weighted by Crippen LogP contribution is -2.24. The van der Waals surface area contributed by atoms with Gasteiger partial charge in [-0.15, -0.1) is 0 Å². The summed E-state index contributed by atoms with van der Waals surface area (Å²) in [5.41, 5.74) is 3.59. The van der Waals surface area contributed by atoms with E-state index in [2.05, 4.69) is 0 Å². The second kappa shape index (κ2) is 13.5. The third-order valence-corrected chi connectivity index (χ3v) is 14.2. The zero-order valence-electron chi connectivity index (χ0n) is 19.6. The van der Waals surface area contributed by atoms with E-state index in [9.17, 15) is 0 Å². The molecule has 0 spiro atoms. The molecule has 0 heterocycles. The van der Waals surface area contributed by atoms with Gasteiger partial charge in [0.2, 0.25) is 0 Å². The van der Waals surface area contributed by atoms with Crippen molar-refractivity contribution in [1.29, 1.82) is 0 Å². The quantitative estimate of drug-likeness (QED) is 0.255. The smallest absolute Gasteiger partial charge is 0.0746 e. The summed E-state index contributed by atoms with van der Waals surface area (Å²) in [5, 5.41) is 0. The topological polar surface area (TPSA) is 18.5 Å². The molecule has 4 aliphatic carbocycles. The van der Waals surface area contributed by atoms with Crippen LogP contribution in [0.25, 0.3) is 0 Å². The lowest BCUT2D eigenvalue weighted by atomic mass is 10.00. The third-order valence-electron chi connectivity index (χ3n) is 8.30. The average Bonchev–Trinajstić information content (AvgIpc) is 2.84. The Labute approximate surface area is 189 Å². The van der Waals surface area contributed by atoms with Gasteiger partial charge in [0.05, 0.1) is 13.2 Å². The van der Waals surface area contributed by atoms with Gasteiger partial charge in [-0.05, 0) is 51.4 Å².